The Hall–Kier alpha value is -2.12. The second kappa shape index (κ2) is 8.35. The van der Waals surface area contributed by atoms with Crippen LogP contribution in [0.5, 0.6) is 0 Å². The molecular weight excluding hydrogens is 302 g/mol. The van der Waals surface area contributed by atoms with Crippen molar-refractivity contribution in [2.45, 2.75) is 11.8 Å². The number of aromatic nitrogens is 1. The zero-order chi connectivity index (χ0) is 15.8. The Morgan fingerprint density at radius 2 is 2.05 bits per heavy atom. The molecule has 0 radical (unpaired) electrons. The molecule has 0 spiro atoms. The number of benzene rings is 1. The van der Waals surface area contributed by atoms with Crippen LogP contribution in [0.15, 0.2) is 48.7 Å². The normalized spacial score (nSPS) is 11.9. The van der Waals surface area contributed by atoms with Gasteiger partial charge in [-0.25, -0.2) is 4.98 Å². The summed E-state index contributed by atoms with van der Waals surface area (Å²) in [5, 5.41) is 23.1. The highest BCUT2D eigenvalue weighted by Gasteiger charge is 2.10. The maximum atomic E-state index is 10.6. The van der Waals surface area contributed by atoms with Crippen molar-refractivity contribution < 1.29 is 10.0 Å². The van der Waals surface area contributed by atoms with E-state index in [1.165, 1.54) is 17.8 Å². The van der Waals surface area contributed by atoms with Crippen LogP contribution in [0.25, 0.3) is 0 Å². The summed E-state index contributed by atoms with van der Waals surface area (Å²) in [6.45, 7) is -0.0273. The number of anilines is 1. The van der Waals surface area contributed by atoms with Crippen LogP contribution in [0, 0.1) is 10.1 Å². The molecule has 1 aromatic heterocycles. The highest BCUT2D eigenvalue weighted by Crippen LogP contribution is 2.16. The lowest BCUT2D eigenvalue weighted by molar-refractivity contribution is -0.385. The van der Waals surface area contributed by atoms with Gasteiger partial charge in [0.15, 0.2) is 0 Å². The summed E-state index contributed by atoms with van der Waals surface area (Å²) in [4.78, 5) is 14.1. The Kier molecular flexibility index (Phi) is 6.17. The second-order valence-corrected chi connectivity index (χ2v) is 5.71. The Labute approximate surface area is 132 Å². The molecule has 0 bridgehead atoms. The molecule has 1 aromatic carbocycles. The van der Waals surface area contributed by atoms with Crippen molar-refractivity contribution in [2.75, 3.05) is 17.7 Å². The molecule has 0 saturated heterocycles. The Balaban J connectivity index is 1.82. The fourth-order valence-electron chi connectivity index (χ4n) is 1.82. The number of hydrogen-bond donors (Lipinski definition) is 2. The lowest BCUT2D eigenvalue weighted by Gasteiger charge is -2.16. The van der Waals surface area contributed by atoms with Crippen LogP contribution in [-0.2, 0) is 5.75 Å². The summed E-state index contributed by atoms with van der Waals surface area (Å²) < 4.78 is 0. The van der Waals surface area contributed by atoms with E-state index in [1.807, 2.05) is 18.2 Å². The van der Waals surface area contributed by atoms with E-state index in [1.54, 1.807) is 17.8 Å². The first-order valence-corrected chi connectivity index (χ1v) is 7.94. The van der Waals surface area contributed by atoms with Crippen molar-refractivity contribution in [3.8, 4) is 0 Å². The van der Waals surface area contributed by atoms with Crippen LogP contribution in [0.4, 0.5) is 11.5 Å². The summed E-state index contributed by atoms with van der Waals surface area (Å²) in [6.07, 6.45) is 1.20. The maximum absolute atomic E-state index is 10.6. The van der Waals surface area contributed by atoms with E-state index in [4.69, 9.17) is 0 Å². The zero-order valence-electron chi connectivity index (χ0n) is 11.9. The molecule has 1 heterocycles. The molecule has 0 fully saturated rings. The molecule has 1 atom stereocenters. The SMILES string of the molecule is O=[N+]([O-])c1ccc(NC(CO)CSCc2ccccc2)nc1. The predicted octanol–water partition coefficient (Wildman–Crippen LogP) is 2.70. The van der Waals surface area contributed by atoms with Gasteiger partial charge in [0, 0.05) is 17.6 Å². The molecule has 1 unspecified atom stereocenters. The van der Waals surface area contributed by atoms with Gasteiger partial charge in [-0.2, -0.15) is 11.8 Å². The Morgan fingerprint density at radius 1 is 1.27 bits per heavy atom. The number of pyridine rings is 1. The van der Waals surface area contributed by atoms with E-state index in [-0.39, 0.29) is 18.3 Å². The summed E-state index contributed by atoms with van der Waals surface area (Å²) in [6, 6.07) is 12.9. The first-order valence-electron chi connectivity index (χ1n) is 6.78. The van der Waals surface area contributed by atoms with E-state index in [9.17, 15) is 15.2 Å². The number of aliphatic hydroxyl groups excluding tert-OH is 1. The summed E-state index contributed by atoms with van der Waals surface area (Å²) in [5.41, 5.74) is 1.18. The van der Waals surface area contributed by atoms with Gasteiger partial charge in [0.05, 0.1) is 17.6 Å². The van der Waals surface area contributed by atoms with E-state index in [0.717, 1.165) is 5.75 Å². The minimum atomic E-state index is -0.490. The van der Waals surface area contributed by atoms with E-state index in [2.05, 4.69) is 22.4 Å². The van der Waals surface area contributed by atoms with E-state index in [0.29, 0.717) is 11.6 Å². The molecular formula is C15H17N3O3S. The van der Waals surface area contributed by atoms with E-state index < -0.39 is 4.92 Å². The largest absolute Gasteiger partial charge is 0.394 e. The number of aliphatic hydroxyl groups is 1. The van der Waals surface area contributed by atoms with Crippen LogP contribution < -0.4 is 5.32 Å². The van der Waals surface area contributed by atoms with Gasteiger partial charge >= 0.3 is 0 Å². The fraction of sp³-hybridized carbons (Fsp3) is 0.267. The molecule has 0 aliphatic rings. The van der Waals surface area contributed by atoms with Gasteiger partial charge < -0.3 is 10.4 Å². The zero-order valence-corrected chi connectivity index (χ0v) is 12.7. The van der Waals surface area contributed by atoms with Gasteiger partial charge in [-0.05, 0) is 11.6 Å². The molecule has 6 nitrogen and oxygen atoms in total. The Morgan fingerprint density at radius 3 is 2.64 bits per heavy atom. The van der Waals surface area contributed by atoms with Crippen molar-refractivity contribution in [1.82, 2.24) is 4.98 Å². The third-order valence-corrected chi connectivity index (χ3v) is 4.14. The van der Waals surface area contributed by atoms with Gasteiger partial charge in [0.2, 0.25) is 0 Å². The minimum Gasteiger partial charge on any atom is -0.394 e. The molecule has 7 heteroatoms. The third kappa shape index (κ3) is 5.01. The first kappa shape index (κ1) is 16.3. The fourth-order valence-corrected chi connectivity index (χ4v) is 2.84. The second-order valence-electron chi connectivity index (χ2n) is 4.68. The standard InChI is InChI=1S/C15H17N3O3S/c19-9-13(11-22-10-12-4-2-1-3-5-12)17-15-7-6-14(8-16-15)18(20)21/h1-8,13,19H,9-11H2,(H,16,17). The molecule has 2 rings (SSSR count). The van der Waals surface area contributed by atoms with Crippen molar-refractivity contribution in [3.05, 3.63) is 64.3 Å². The van der Waals surface area contributed by atoms with Crippen molar-refractivity contribution in [3.63, 3.8) is 0 Å². The molecule has 0 amide bonds. The lowest BCUT2D eigenvalue weighted by atomic mass is 10.2. The van der Waals surface area contributed by atoms with E-state index >= 15 is 0 Å². The molecule has 2 aromatic rings. The third-order valence-electron chi connectivity index (χ3n) is 2.96. The monoisotopic (exact) mass is 319 g/mol. The molecule has 2 N–H and O–H groups in total. The molecule has 22 heavy (non-hydrogen) atoms. The molecule has 0 aliphatic carbocycles. The van der Waals surface area contributed by atoms with Gasteiger partial charge in [-0.3, -0.25) is 10.1 Å². The lowest BCUT2D eigenvalue weighted by Crippen LogP contribution is -2.27. The summed E-state index contributed by atoms with van der Waals surface area (Å²) >= 11 is 1.71. The van der Waals surface area contributed by atoms with Gasteiger partial charge in [0.25, 0.3) is 5.69 Å². The topological polar surface area (TPSA) is 88.3 Å². The van der Waals surface area contributed by atoms with Crippen molar-refractivity contribution in [1.29, 1.82) is 0 Å². The van der Waals surface area contributed by atoms with Gasteiger partial charge in [0.1, 0.15) is 12.0 Å². The van der Waals surface area contributed by atoms with Crippen molar-refractivity contribution >= 4 is 23.3 Å². The number of thioether (sulfide) groups is 1. The number of rotatable bonds is 8. The van der Waals surface area contributed by atoms with Crippen molar-refractivity contribution in [2.24, 2.45) is 0 Å². The minimum absolute atomic E-state index is 0.0273. The molecule has 116 valence electrons. The highest BCUT2D eigenvalue weighted by molar-refractivity contribution is 7.98. The van der Waals surface area contributed by atoms with Gasteiger partial charge in [-0.15, -0.1) is 0 Å². The van der Waals surface area contributed by atoms with Crippen LogP contribution in [-0.4, -0.2) is 33.4 Å². The molecule has 0 aliphatic heterocycles. The van der Waals surface area contributed by atoms with Crippen LogP contribution in [0.3, 0.4) is 0 Å². The Bertz CT molecular complexity index is 593. The van der Waals surface area contributed by atoms with Crippen LogP contribution >= 0.6 is 11.8 Å². The quantitative estimate of drug-likeness (QED) is 0.574. The maximum Gasteiger partial charge on any atom is 0.287 e. The number of hydrogen-bond acceptors (Lipinski definition) is 6. The van der Waals surface area contributed by atoms with Crippen LogP contribution in [0.2, 0.25) is 0 Å². The molecule has 0 saturated carbocycles. The van der Waals surface area contributed by atoms with Crippen LogP contribution in [0.1, 0.15) is 5.56 Å². The number of nitrogens with zero attached hydrogens (tertiary/aromatic N) is 2. The number of nitrogens with one attached hydrogen (secondary N) is 1. The highest BCUT2D eigenvalue weighted by atomic mass is 32.2. The smallest absolute Gasteiger partial charge is 0.287 e. The first-order chi connectivity index (χ1) is 10.7. The van der Waals surface area contributed by atoms with Gasteiger partial charge in [-0.1, -0.05) is 30.3 Å². The number of nitro groups is 1. The average molecular weight is 319 g/mol. The summed E-state index contributed by atoms with van der Waals surface area (Å²) in [5.74, 6) is 2.10. The predicted molar refractivity (Wildman–Crippen MR) is 88.0 cm³/mol. The summed E-state index contributed by atoms with van der Waals surface area (Å²) in [7, 11) is 0. The average Bonchev–Trinajstić information content (AvgIpc) is 2.55.